The lowest BCUT2D eigenvalue weighted by molar-refractivity contribution is -0.384. The predicted molar refractivity (Wildman–Crippen MR) is 126 cm³/mol. The second-order valence-electron chi connectivity index (χ2n) is 7.40. The normalized spacial score (nSPS) is 10.4. The maximum absolute atomic E-state index is 12.3. The maximum Gasteiger partial charge on any atom is 0.325 e. The van der Waals surface area contributed by atoms with Gasteiger partial charge >= 0.3 is 5.97 Å². The van der Waals surface area contributed by atoms with Crippen LogP contribution in [0.5, 0.6) is 0 Å². The van der Waals surface area contributed by atoms with E-state index < -0.39 is 23.3 Å². The van der Waals surface area contributed by atoms with Crippen molar-refractivity contribution in [2.75, 3.05) is 11.4 Å². The van der Waals surface area contributed by atoms with Crippen LogP contribution < -0.4 is 10.2 Å². The van der Waals surface area contributed by atoms with Gasteiger partial charge in [0.1, 0.15) is 13.2 Å². The Morgan fingerprint density at radius 3 is 2.59 bits per heavy atom. The van der Waals surface area contributed by atoms with Crippen LogP contribution in [0.3, 0.4) is 0 Å². The fraction of sp³-hybridized carbons (Fsp3) is 0.217. The summed E-state index contributed by atoms with van der Waals surface area (Å²) in [6.45, 7) is 4.84. The van der Waals surface area contributed by atoms with Gasteiger partial charge in [0.2, 0.25) is 5.91 Å². The van der Waals surface area contributed by atoms with E-state index in [-0.39, 0.29) is 23.8 Å². The third-order valence-corrected chi connectivity index (χ3v) is 5.76. The second-order valence-corrected chi connectivity index (χ2v) is 8.23. The molecule has 0 radical (unpaired) electrons. The van der Waals surface area contributed by atoms with Gasteiger partial charge in [0, 0.05) is 30.0 Å². The molecule has 3 rings (SSSR count). The number of nitrogens with zero attached hydrogens (tertiary/aromatic N) is 3. The summed E-state index contributed by atoms with van der Waals surface area (Å²) >= 11 is 1.24. The molecule has 2 amide bonds. The monoisotopic (exact) mass is 482 g/mol. The van der Waals surface area contributed by atoms with Gasteiger partial charge in [0.15, 0.2) is 5.13 Å². The number of carbonyl (C=O) groups is 3. The number of benzene rings is 2. The lowest BCUT2D eigenvalue weighted by Crippen LogP contribution is -2.30. The summed E-state index contributed by atoms with van der Waals surface area (Å²) in [5, 5.41) is 15.3. The van der Waals surface area contributed by atoms with Gasteiger partial charge in [0.25, 0.3) is 11.6 Å². The summed E-state index contributed by atoms with van der Waals surface area (Å²) in [7, 11) is 0. The molecule has 0 unspecified atom stereocenters. The highest BCUT2D eigenvalue weighted by Gasteiger charge is 2.19. The molecule has 0 spiro atoms. The van der Waals surface area contributed by atoms with Crippen LogP contribution in [-0.2, 0) is 20.9 Å². The van der Waals surface area contributed by atoms with Crippen molar-refractivity contribution in [3.63, 3.8) is 0 Å². The van der Waals surface area contributed by atoms with E-state index >= 15 is 0 Å². The number of nitro groups is 1. The van der Waals surface area contributed by atoms with Gasteiger partial charge in [-0.05, 0) is 43.2 Å². The van der Waals surface area contributed by atoms with Crippen molar-refractivity contribution in [3.05, 3.63) is 80.3 Å². The molecule has 0 aliphatic rings. The van der Waals surface area contributed by atoms with E-state index in [0.29, 0.717) is 16.5 Å². The van der Waals surface area contributed by atoms with Crippen LogP contribution in [0.1, 0.15) is 34.1 Å². The van der Waals surface area contributed by atoms with Crippen LogP contribution in [0.2, 0.25) is 0 Å². The highest BCUT2D eigenvalue weighted by atomic mass is 32.1. The van der Waals surface area contributed by atoms with Crippen molar-refractivity contribution in [2.24, 2.45) is 0 Å². The largest absolute Gasteiger partial charge is 0.458 e. The topological polar surface area (TPSA) is 132 Å². The fourth-order valence-corrected chi connectivity index (χ4v) is 3.85. The van der Waals surface area contributed by atoms with E-state index in [1.807, 2.05) is 32.0 Å². The molecule has 2 aromatic carbocycles. The van der Waals surface area contributed by atoms with Gasteiger partial charge in [-0.15, -0.1) is 11.3 Å². The summed E-state index contributed by atoms with van der Waals surface area (Å²) in [5.74, 6) is -1.54. The molecule has 0 atom stereocenters. The molecule has 1 N–H and O–H groups in total. The minimum absolute atomic E-state index is 0.0572. The third kappa shape index (κ3) is 6.01. The van der Waals surface area contributed by atoms with E-state index in [2.05, 4.69) is 10.3 Å². The number of non-ortho nitro benzene ring substituents is 1. The number of rotatable bonds is 8. The van der Waals surface area contributed by atoms with Crippen LogP contribution >= 0.6 is 11.3 Å². The summed E-state index contributed by atoms with van der Waals surface area (Å²) < 4.78 is 5.15. The van der Waals surface area contributed by atoms with E-state index in [1.165, 1.54) is 41.4 Å². The summed E-state index contributed by atoms with van der Waals surface area (Å²) in [4.78, 5) is 52.5. The average Bonchev–Trinajstić information content (AvgIpc) is 3.26. The Kier molecular flexibility index (Phi) is 7.69. The Labute approximate surface area is 199 Å². The minimum Gasteiger partial charge on any atom is -0.458 e. The molecule has 1 heterocycles. The number of esters is 1. The molecular formula is C23H22N4O6S. The molecule has 0 saturated carbocycles. The van der Waals surface area contributed by atoms with Crippen LogP contribution in [-0.4, -0.2) is 34.2 Å². The Morgan fingerprint density at radius 1 is 1.15 bits per heavy atom. The van der Waals surface area contributed by atoms with E-state index in [4.69, 9.17) is 4.74 Å². The molecule has 176 valence electrons. The highest BCUT2D eigenvalue weighted by Crippen LogP contribution is 2.30. The smallest absolute Gasteiger partial charge is 0.325 e. The lowest BCUT2D eigenvalue weighted by atomic mass is 10.1. The van der Waals surface area contributed by atoms with Gasteiger partial charge in [-0.2, -0.15) is 0 Å². The number of hydrogen-bond acceptors (Lipinski definition) is 8. The number of amides is 2. The van der Waals surface area contributed by atoms with Crippen molar-refractivity contribution in [1.82, 2.24) is 10.3 Å². The molecule has 3 aromatic rings. The number of aryl methyl sites for hydroxylation is 2. The molecule has 0 aliphatic heterocycles. The molecular weight excluding hydrogens is 460 g/mol. The number of nitro benzene ring substituents is 1. The van der Waals surface area contributed by atoms with Crippen LogP contribution in [0, 0.1) is 24.0 Å². The summed E-state index contributed by atoms with van der Waals surface area (Å²) in [5.41, 5.74) is 3.13. The van der Waals surface area contributed by atoms with Gasteiger partial charge in [-0.1, -0.05) is 12.1 Å². The first kappa shape index (κ1) is 24.5. The van der Waals surface area contributed by atoms with Gasteiger partial charge < -0.3 is 10.1 Å². The van der Waals surface area contributed by atoms with Crippen molar-refractivity contribution in [3.8, 4) is 0 Å². The van der Waals surface area contributed by atoms with Gasteiger partial charge in [-0.25, -0.2) is 4.98 Å². The average molecular weight is 483 g/mol. The number of hydrogen-bond donors (Lipinski definition) is 1. The lowest BCUT2D eigenvalue weighted by Gasteiger charge is -2.19. The zero-order valence-corrected chi connectivity index (χ0v) is 19.5. The molecule has 0 aliphatic carbocycles. The first-order chi connectivity index (χ1) is 16.2. The van der Waals surface area contributed by atoms with E-state index in [9.17, 15) is 24.5 Å². The van der Waals surface area contributed by atoms with Crippen molar-refractivity contribution in [1.29, 1.82) is 0 Å². The number of carbonyl (C=O) groups excluding carboxylic acids is 3. The zero-order valence-electron chi connectivity index (χ0n) is 18.7. The predicted octanol–water partition coefficient (Wildman–Crippen LogP) is 3.83. The molecule has 10 nitrogen and oxygen atoms in total. The maximum atomic E-state index is 12.3. The first-order valence-corrected chi connectivity index (χ1v) is 11.0. The number of thiazole rings is 1. The SMILES string of the molecule is CC(=O)N(c1ccc(C)c(C)c1)c1nc(COC(=O)CNC(=O)c2cccc([N+](=O)[O-])c2)cs1. The molecule has 0 bridgehead atoms. The van der Waals surface area contributed by atoms with Crippen molar-refractivity contribution < 1.29 is 24.0 Å². The number of ether oxygens (including phenoxy) is 1. The van der Waals surface area contributed by atoms with Gasteiger partial charge in [-0.3, -0.25) is 29.4 Å². The van der Waals surface area contributed by atoms with E-state index in [1.54, 1.807) is 5.38 Å². The van der Waals surface area contributed by atoms with Gasteiger partial charge in [0.05, 0.1) is 16.3 Å². The second kappa shape index (κ2) is 10.7. The Balaban J connectivity index is 1.57. The highest BCUT2D eigenvalue weighted by molar-refractivity contribution is 7.14. The Hall–Kier alpha value is -4.12. The molecule has 1 aromatic heterocycles. The van der Waals surface area contributed by atoms with Crippen molar-refractivity contribution in [2.45, 2.75) is 27.4 Å². The number of aromatic nitrogens is 1. The zero-order chi connectivity index (χ0) is 24.8. The standard InChI is InChI=1S/C23H22N4O6S/c1-14-7-8-19(9-15(14)2)26(16(3)28)23-25-18(13-34-23)12-33-21(29)11-24-22(30)17-5-4-6-20(10-17)27(31)32/h4-10,13H,11-12H2,1-3H3,(H,24,30). The van der Waals surface area contributed by atoms with Crippen LogP contribution in [0.15, 0.2) is 47.8 Å². The molecule has 11 heteroatoms. The first-order valence-electron chi connectivity index (χ1n) is 10.2. The number of anilines is 2. The fourth-order valence-electron chi connectivity index (χ4n) is 2.98. The summed E-state index contributed by atoms with van der Waals surface area (Å²) in [6.07, 6.45) is 0. The summed E-state index contributed by atoms with van der Waals surface area (Å²) in [6, 6.07) is 10.8. The quantitative estimate of drug-likeness (QED) is 0.293. The minimum atomic E-state index is -0.703. The molecule has 34 heavy (non-hydrogen) atoms. The van der Waals surface area contributed by atoms with Crippen molar-refractivity contribution >= 4 is 45.6 Å². The van der Waals surface area contributed by atoms with Crippen LogP contribution in [0.4, 0.5) is 16.5 Å². The number of nitrogens with one attached hydrogen (secondary N) is 1. The molecule has 0 fully saturated rings. The van der Waals surface area contributed by atoms with Crippen LogP contribution in [0.25, 0.3) is 0 Å². The molecule has 0 saturated heterocycles. The van der Waals surface area contributed by atoms with E-state index in [0.717, 1.165) is 17.2 Å². The Morgan fingerprint density at radius 2 is 1.91 bits per heavy atom. The Bertz CT molecular complexity index is 1260. The third-order valence-electron chi connectivity index (χ3n) is 4.89.